The highest BCUT2D eigenvalue weighted by atomic mass is 15.3. The molecule has 19 heavy (non-hydrogen) atoms. The van der Waals surface area contributed by atoms with Crippen molar-refractivity contribution in [2.45, 2.75) is 39.4 Å². The Morgan fingerprint density at radius 3 is 2.68 bits per heavy atom. The standard InChI is InChI=1S/C14H27N5/c1-3-13(2)19-8-6-17(7-9-19)10-14-11-18(5-4-15)12-16-14/h11-13H,3-10,15H2,1-2H3. The molecular formula is C14H27N5. The molecule has 0 spiro atoms. The quantitative estimate of drug-likeness (QED) is 0.825. The fourth-order valence-electron chi connectivity index (χ4n) is 2.61. The van der Waals surface area contributed by atoms with Crippen molar-refractivity contribution in [2.75, 3.05) is 32.7 Å². The molecule has 1 aromatic heterocycles. The van der Waals surface area contributed by atoms with E-state index in [9.17, 15) is 0 Å². The van der Waals surface area contributed by atoms with Gasteiger partial charge >= 0.3 is 0 Å². The van der Waals surface area contributed by atoms with Crippen LogP contribution < -0.4 is 5.73 Å². The van der Waals surface area contributed by atoms with Crippen LogP contribution in [0.15, 0.2) is 12.5 Å². The van der Waals surface area contributed by atoms with Gasteiger partial charge in [-0.1, -0.05) is 6.92 Å². The summed E-state index contributed by atoms with van der Waals surface area (Å²) in [6.45, 7) is 11.7. The molecule has 2 N–H and O–H groups in total. The van der Waals surface area contributed by atoms with Crippen LogP contribution >= 0.6 is 0 Å². The first-order valence-corrected chi connectivity index (χ1v) is 7.40. The maximum atomic E-state index is 5.55. The second-order valence-corrected chi connectivity index (χ2v) is 5.46. The molecule has 0 aromatic carbocycles. The van der Waals surface area contributed by atoms with E-state index >= 15 is 0 Å². The predicted octanol–water partition coefficient (Wildman–Crippen LogP) is 0.758. The molecule has 1 saturated heterocycles. The number of hydrogen-bond acceptors (Lipinski definition) is 4. The number of hydrogen-bond donors (Lipinski definition) is 1. The number of rotatable bonds is 6. The van der Waals surface area contributed by atoms with Crippen LogP contribution in [0.25, 0.3) is 0 Å². The highest BCUT2D eigenvalue weighted by molar-refractivity contribution is 4.97. The van der Waals surface area contributed by atoms with Crippen LogP contribution in [0.5, 0.6) is 0 Å². The number of piperazine rings is 1. The average molecular weight is 265 g/mol. The molecule has 0 amide bonds. The summed E-state index contributed by atoms with van der Waals surface area (Å²) in [6, 6.07) is 0.714. The maximum absolute atomic E-state index is 5.55. The molecule has 2 rings (SSSR count). The van der Waals surface area contributed by atoms with Gasteiger partial charge in [0, 0.05) is 58.1 Å². The molecule has 1 aromatic rings. The maximum Gasteiger partial charge on any atom is 0.0950 e. The van der Waals surface area contributed by atoms with Crippen molar-refractivity contribution in [3.05, 3.63) is 18.2 Å². The lowest BCUT2D eigenvalue weighted by atomic mass is 10.2. The van der Waals surface area contributed by atoms with E-state index < -0.39 is 0 Å². The van der Waals surface area contributed by atoms with Gasteiger partial charge < -0.3 is 10.3 Å². The lowest BCUT2D eigenvalue weighted by molar-refractivity contribution is 0.0956. The zero-order valence-electron chi connectivity index (χ0n) is 12.3. The monoisotopic (exact) mass is 265 g/mol. The minimum absolute atomic E-state index is 0.670. The minimum Gasteiger partial charge on any atom is -0.336 e. The van der Waals surface area contributed by atoms with Gasteiger partial charge in [-0.05, 0) is 13.3 Å². The van der Waals surface area contributed by atoms with Crippen molar-refractivity contribution in [1.82, 2.24) is 19.4 Å². The third kappa shape index (κ3) is 4.03. The first-order valence-electron chi connectivity index (χ1n) is 7.40. The van der Waals surface area contributed by atoms with Crippen molar-refractivity contribution >= 4 is 0 Å². The zero-order valence-corrected chi connectivity index (χ0v) is 12.3. The number of imidazole rings is 1. The molecule has 5 heteroatoms. The Balaban J connectivity index is 1.78. The SMILES string of the molecule is CCC(C)N1CCN(Cc2cn(CCN)cn2)CC1. The summed E-state index contributed by atoms with van der Waals surface area (Å²) in [7, 11) is 0. The highest BCUT2D eigenvalue weighted by Gasteiger charge is 2.20. The zero-order chi connectivity index (χ0) is 13.7. The second kappa shape index (κ2) is 7.03. The Bertz CT molecular complexity index is 368. The van der Waals surface area contributed by atoms with Crippen LogP contribution in [0, 0.1) is 0 Å². The predicted molar refractivity (Wildman–Crippen MR) is 77.9 cm³/mol. The molecule has 1 unspecified atom stereocenters. The van der Waals surface area contributed by atoms with Gasteiger partial charge in [-0.15, -0.1) is 0 Å². The van der Waals surface area contributed by atoms with E-state index in [2.05, 4.69) is 39.4 Å². The third-order valence-electron chi connectivity index (χ3n) is 4.08. The Hall–Kier alpha value is -0.910. The van der Waals surface area contributed by atoms with Gasteiger partial charge in [0.2, 0.25) is 0 Å². The molecule has 1 aliphatic rings. The molecule has 1 atom stereocenters. The molecule has 0 bridgehead atoms. The van der Waals surface area contributed by atoms with Crippen molar-refractivity contribution in [2.24, 2.45) is 5.73 Å². The summed E-state index contributed by atoms with van der Waals surface area (Å²) in [6.07, 6.45) is 5.25. The molecule has 0 saturated carbocycles. The summed E-state index contributed by atoms with van der Waals surface area (Å²) >= 11 is 0. The molecule has 108 valence electrons. The Morgan fingerprint density at radius 2 is 2.05 bits per heavy atom. The molecule has 0 aliphatic carbocycles. The minimum atomic E-state index is 0.670. The normalized spacial score (nSPS) is 19.7. The molecule has 1 aliphatic heterocycles. The lowest BCUT2D eigenvalue weighted by Gasteiger charge is -2.37. The Morgan fingerprint density at radius 1 is 1.32 bits per heavy atom. The van der Waals surface area contributed by atoms with Gasteiger partial charge in [-0.2, -0.15) is 0 Å². The van der Waals surface area contributed by atoms with Crippen LogP contribution in [0.1, 0.15) is 26.0 Å². The fourth-order valence-corrected chi connectivity index (χ4v) is 2.61. The summed E-state index contributed by atoms with van der Waals surface area (Å²) in [5.41, 5.74) is 6.70. The molecule has 0 radical (unpaired) electrons. The first-order chi connectivity index (χ1) is 9.22. The topological polar surface area (TPSA) is 50.3 Å². The van der Waals surface area contributed by atoms with Crippen LogP contribution in [-0.4, -0.2) is 58.1 Å². The number of nitrogens with two attached hydrogens (primary N) is 1. The lowest BCUT2D eigenvalue weighted by Crippen LogP contribution is -2.49. The molecule has 2 heterocycles. The van der Waals surface area contributed by atoms with E-state index in [1.165, 1.54) is 19.5 Å². The highest BCUT2D eigenvalue weighted by Crippen LogP contribution is 2.11. The smallest absolute Gasteiger partial charge is 0.0950 e. The van der Waals surface area contributed by atoms with E-state index in [1.54, 1.807) is 0 Å². The van der Waals surface area contributed by atoms with Gasteiger partial charge in [-0.25, -0.2) is 4.98 Å². The number of nitrogens with zero attached hydrogens (tertiary/aromatic N) is 4. The Kier molecular flexibility index (Phi) is 5.36. The second-order valence-electron chi connectivity index (χ2n) is 5.46. The van der Waals surface area contributed by atoms with E-state index in [1.807, 2.05) is 6.33 Å². The van der Waals surface area contributed by atoms with Gasteiger partial charge in [0.15, 0.2) is 0 Å². The van der Waals surface area contributed by atoms with E-state index in [0.717, 1.165) is 31.9 Å². The molecule has 5 nitrogen and oxygen atoms in total. The largest absolute Gasteiger partial charge is 0.336 e. The van der Waals surface area contributed by atoms with E-state index in [4.69, 9.17) is 5.73 Å². The van der Waals surface area contributed by atoms with Gasteiger partial charge in [-0.3, -0.25) is 9.80 Å². The summed E-state index contributed by atoms with van der Waals surface area (Å²) in [5.74, 6) is 0. The number of aromatic nitrogens is 2. The van der Waals surface area contributed by atoms with Crippen LogP contribution in [-0.2, 0) is 13.1 Å². The van der Waals surface area contributed by atoms with Crippen molar-refractivity contribution < 1.29 is 0 Å². The van der Waals surface area contributed by atoms with Crippen LogP contribution in [0.4, 0.5) is 0 Å². The van der Waals surface area contributed by atoms with Gasteiger partial charge in [0.25, 0.3) is 0 Å². The van der Waals surface area contributed by atoms with Crippen molar-refractivity contribution in [3.8, 4) is 0 Å². The molecular weight excluding hydrogens is 238 g/mol. The van der Waals surface area contributed by atoms with Crippen LogP contribution in [0.2, 0.25) is 0 Å². The van der Waals surface area contributed by atoms with E-state index in [-0.39, 0.29) is 0 Å². The van der Waals surface area contributed by atoms with Crippen LogP contribution in [0.3, 0.4) is 0 Å². The van der Waals surface area contributed by atoms with Crippen molar-refractivity contribution in [3.63, 3.8) is 0 Å². The molecule has 1 fully saturated rings. The van der Waals surface area contributed by atoms with Gasteiger partial charge in [0.05, 0.1) is 12.0 Å². The summed E-state index contributed by atoms with van der Waals surface area (Å²) in [4.78, 5) is 9.53. The van der Waals surface area contributed by atoms with E-state index in [0.29, 0.717) is 12.6 Å². The summed E-state index contributed by atoms with van der Waals surface area (Å²) in [5, 5.41) is 0. The summed E-state index contributed by atoms with van der Waals surface area (Å²) < 4.78 is 2.07. The third-order valence-corrected chi connectivity index (χ3v) is 4.08. The van der Waals surface area contributed by atoms with Crippen molar-refractivity contribution in [1.29, 1.82) is 0 Å². The Labute approximate surface area is 116 Å². The van der Waals surface area contributed by atoms with Gasteiger partial charge in [0.1, 0.15) is 0 Å². The fraction of sp³-hybridized carbons (Fsp3) is 0.786. The first kappa shape index (κ1) is 14.5. The average Bonchev–Trinajstić information content (AvgIpc) is 2.86.